The zero-order valence-corrected chi connectivity index (χ0v) is 15.0. The van der Waals surface area contributed by atoms with Gasteiger partial charge < -0.3 is 19.5 Å². The van der Waals surface area contributed by atoms with Gasteiger partial charge in [-0.05, 0) is 25.8 Å². The molecule has 0 aliphatic carbocycles. The molecule has 1 saturated heterocycles. The number of aryl methyl sites for hydroxylation is 1. The second kappa shape index (κ2) is 7.17. The summed E-state index contributed by atoms with van der Waals surface area (Å²) in [5.74, 6) is 0.794. The first-order valence-corrected chi connectivity index (χ1v) is 8.68. The number of para-hydroxylation sites is 1. The molecule has 0 saturated carbocycles. The van der Waals surface area contributed by atoms with Crippen molar-refractivity contribution in [2.45, 2.75) is 26.3 Å². The molecule has 25 heavy (non-hydrogen) atoms. The summed E-state index contributed by atoms with van der Waals surface area (Å²) in [5, 5.41) is 4.08. The average Bonchev–Trinajstić information content (AvgIpc) is 2.95. The average molecular weight is 343 g/mol. The summed E-state index contributed by atoms with van der Waals surface area (Å²) >= 11 is 0. The Balaban J connectivity index is 1.55. The van der Waals surface area contributed by atoms with Crippen molar-refractivity contribution < 1.29 is 14.0 Å². The van der Waals surface area contributed by atoms with Crippen LogP contribution in [-0.2, 0) is 11.3 Å². The van der Waals surface area contributed by atoms with Crippen LogP contribution >= 0.6 is 0 Å². The number of carbonyl (C=O) groups excluding carboxylic acids is 2. The first-order valence-electron chi connectivity index (χ1n) is 8.68. The summed E-state index contributed by atoms with van der Waals surface area (Å²) in [6, 6.07) is 7.89. The Morgan fingerprint density at radius 3 is 2.56 bits per heavy atom. The molecule has 1 aromatic heterocycles. The van der Waals surface area contributed by atoms with Crippen molar-refractivity contribution in [2.75, 3.05) is 27.2 Å². The highest BCUT2D eigenvalue weighted by atomic mass is 16.3. The van der Waals surface area contributed by atoms with Gasteiger partial charge in [-0.2, -0.15) is 0 Å². The molecule has 2 heterocycles. The highest BCUT2D eigenvalue weighted by Crippen LogP contribution is 2.25. The second-order valence-corrected chi connectivity index (χ2v) is 6.80. The monoisotopic (exact) mass is 343 g/mol. The van der Waals surface area contributed by atoms with Crippen LogP contribution in [0.25, 0.3) is 11.0 Å². The third-order valence-corrected chi connectivity index (χ3v) is 4.88. The molecule has 3 amide bonds. The van der Waals surface area contributed by atoms with Gasteiger partial charge in [-0.15, -0.1) is 0 Å². The lowest BCUT2D eigenvalue weighted by molar-refractivity contribution is -0.126. The maximum absolute atomic E-state index is 12.4. The van der Waals surface area contributed by atoms with E-state index in [4.69, 9.17) is 4.42 Å². The Labute approximate surface area is 147 Å². The molecule has 2 aromatic rings. The molecule has 1 N–H and O–H groups in total. The number of nitrogens with one attached hydrogen (secondary N) is 1. The van der Waals surface area contributed by atoms with Crippen molar-refractivity contribution in [3.8, 4) is 0 Å². The van der Waals surface area contributed by atoms with Crippen molar-refractivity contribution in [3.63, 3.8) is 0 Å². The fourth-order valence-corrected chi connectivity index (χ4v) is 3.32. The SMILES string of the molecule is Cc1c(CNC(=O)C2CCN(C(=O)N(C)C)CC2)oc2ccccc12. The highest BCUT2D eigenvalue weighted by molar-refractivity contribution is 5.83. The molecule has 0 spiro atoms. The first kappa shape index (κ1) is 17.3. The van der Waals surface area contributed by atoms with Gasteiger partial charge in [0.25, 0.3) is 0 Å². The van der Waals surface area contributed by atoms with Crippen molar-refractivity contribution in [3.05, 3.63) is 35.6 Å². The number of urea groups is 1. The summed E-state index contributed by atoms with van der Waals surface area (Å²) in [6.45, 7) is 3.66. The summed E-state index contributed by atoms with van der Waals surface area (Å²) in [4.78, 5) is 27.8. The van der Waals surface area contributed by atoms with Gasteiger partial charge in [-0.25, -0.2) is 4.79 Å². The number of fused-ring (bicyclic) bond motifs is 1. The molecule has 0 atom stereocenters. The maximum atomic E-state index is 12.4. The van der Waals surface area contributed by atoms with Crippen molar-refractivity contribution in [1.29, 1.82) is 0 Å². The number of rotatable bonds is 3. The van der Waals surface area contributed by atoms with Gasteiger partial charge in [0.15, 0.2) is 0 Å². The number of carbonyl (C=O) groups is 2. The second-order valence-electron chi connectivity index (χ2n) is 6.80. The summed E-state index contributed by atoms with van der Waals surface area (Å²) in [6.07, 6.45) is 1.40. The van der Waals surface area contributed by atoms with Crippen LogP contribution in [0.1, 0.15) is 24.2 Å². The molecule has 6 nitrogen and oxygen atoms in total. The number of benzene rings is 1. The van der Waals surface area contributed by atoms with Gasteiger partial charge in [0.1, 0.15) is 11.3 Å². The molecule has 0 bridgehead atoms. The Morgan fingerprint density at radius 1 is 1.24 bits per heavy atom. The molecule has 1 aliphatic rings. The van der Waals surface area contributed by atoms with Gasteiger partial charge in [-0.3, -0.25) is 4.79 Å². The Morgan fingerprint density at radius 2 is 1.92 bits per heavy atom. The lowest BCUT2D eigenvalue weighted by atomic mass is 9.96. The van der Waals surface area contributed by atoms with Crippen LogP contribution in [0, 0.1) is 12.8 Å². The van der Waals surface area contributed by atoms with Crippen LogP contribution < -0.4 is 5.32 Å². The zero-order valence-electron chi connectivity index (χ0n) is 15.0. The largest absolute Gasteiger partial charge is 0.459 e. The van der Waals surface area contributed by atoms with Crippen LogP contribution in [0.2, 0.25) is 0 Å². The number of nitrogens with zero attached hydrogens (tertiary/aromatic N) is 2. The lowest BCUT2D eigenvalue weighted by Crippen LogP contribution is -2.46. The van der Waals surface area contributed by atoms with Crippen LogP contribution in [0.5, 0.6) is 0 Å². The lowest BCUT2D eigenvalue weighted by Gasteiger charge is -2.33. The standard InChI is InChI=1S/C19H25N3O3/c1-13-15-6-4-5-7-16(15)25-17(13)12-20-18(23)14-8-10-22(11-9-14)19(24)21(2)3/h4-7,14H,8-12H2,1-3H3,(H,20,23). The summed E-state index contributed by atoms with van der Waals surface area (Å²) in [7, 11) is 3.49. The molecular formula is C19H25N3O3. The molecule has 6 heteroatoms. The van der Waals surface area contributed by atoms with Crippen molar-refractivity contribution >= 4 is 22.9 Å². The minimum absolute atomic E-state index is 0.0109. The van der Waals surface area contributed by atoms with E-state index >= 15 is 0 Å². The molecule has 134 valence electrons. The topological polar surface area (TPSA) is 65.8 Å². The molecule has 0 radical (unpaired) electrons. The quantitative estimate of drug-likeness (QED) is 0.932. The van der Waals surface area contributed by atoms with Crippen molar-refractivity contribution in [2.24, 2.45) is 5.92 Å². The van der Waals surface area contributed by atoms with Crippen LogP contribution in [0.15, 0.2) is 28.7 Å². The molecular weight excluding hydrogens is 318 g/mol. The molecule has 1 aromatic carbocycles. The van der Waals surface area contributed by atoms with Gasteiger partial charge in [0.05, 0.1) is 6.54 Å². The van der Waals surface area contributed by atoms with Gasteiger partial charge in [-0.1, -0.05) is 18.2 Å². The fraction of sp³-hybridized carbons (Fsp3) is 0.474. The van der Waals surface area contributed by atoms with E-state index in [-0.39, 0.29) is 17.9 Å². The van der Waals surface area contributed by atoms with Crippen LogP contribution in [0.3, 0.4) is 0 Å². The minimum atomic E-state index is -0.0455. The van der Waals surface area contributed by atoms with Gasteiger partial charge in [0.2, 0.25) is 5.91 Å². The molecule has 0 unspecified atom stereocenters. The summed E-state index contributed by atoms with van der Waals surface area (Å²) < 4.78 is 5.84. The van der Waals surface area contributed by atoms with Crippen LogP contribution in [0.4, 0.5) is 4.79 Å². The number of likely N-dealkylation sites (tertiary alicyclic amines) is 1. The van der Waals surface area contributed by atoms with Gasteiger partial charge >= 0.3 is 6.03 Å². The van der Waals surface area contributed by atoms with E-state index in [9.17, 15) is 9.59 Å². The Kier molecular flexibility index (Phi) is 4.97. The number of piperidine rings is 1. The van der Waals surface area contributed by atoms with E-state index in [2.05, 4.69) is 5.32 Å². The van der Waals surface area contributed by atoms with E-state index < -0.39 is 0 Å². The smallest absolute Gasteiger partial charge is 0.319 e. The number of hydrogen-bond acceptors (Lipinski definition) is 3. The predicted octanol–water partition coefficient (Wildman–Crippen LogP) is 2.75. The first-order chi connectivity index (χ1) is 12.0. The predicted molar refractivity (Wildman–Crippen MR) is 96.2 cm³/mol. The molecule has 1 aliphatic heterocycles. The van der Waals surface area contributed by atoms with E-state index in [1.165, 1.54) is 0 Å². The maximum Gasteiger partial charge on any atom is 0.319 e. The fourth-order valence-electron chi connectivity index (χ4n) is 3.32. The number of amides is 3. The minimum Gasteiger partial charge on any atom is -0.459 e. The third kappa shape index (κ3) is 3.62. The highest BCUT2D eigenvalue weighted by Gasteiger charge is 2.28. The van der Waals surface area contributed by atoms with E-state index in [0.717, 1.165) is 22.3 Å². The Bertz CT molecular complexity index is 773. The summed E-state index contributed by atoms with van der Waals surface area (Å²) in [5.41, 5.74) is 1.92. The van der Waals surface area contributed by atoms with E-state index in [0.29, 0.717) is 32.5 Å². The molecule has 1 fully saturated rings. The van der Waals surface area contributed by atoms with E-state index in [1.807, 2.05) is 31.2 Å². The van der Waals surface area contributed by atoms with E-state index in [1.54, 1.807) is 23.9 Å². The van der Waals surface area contributed by atoms with Crippen LogP contribution in [-0.4, -0.2) is 48.9 Å². The third-order valence-electron chi connectivity index (χ3n) is 4.88. The normalized spacial score (nSPS) is 15.4. The Hall–Kier alpha value is -2.50. The molecule has 3 rings (SSSR count). The van der Waals surface area contributed by atoms with Gasteiger partial charge in [0, 0.05) is 44.1 Å². The zero-order chi connectivity index (χ0) is 18.0. The van der Waals surface area contributed by atoms with Crippen molar-refractivity contribution in [1.82, 2.24) is 15.1 Å². The number of furan rings is 1. The number of hydrogen-bond donors (Lipinski definition) is 1.